The summed E-state index contributed by atoms with van der Waals surface area (Å²) in [6.07, 6.45) is -4.95. The number of pyridine rings is 1. The van der Waals surface area contributed by atoms with Crippen LogP contribution < -0.4 is 10.6 Å². The maximum Gasteiger partial charge on any atom is 0.417 e. The largest absolute Gasteiger partial charge is 0.417 e. The number of carbonyl (C=O) groups is 1. The highest BCUT2D eigenvalue weighted by Crippen LogP contribution is 2.36. The fourth-order valence-corrected chi connectivity index (χ4v) is 3.72. The minimum Gasteiger partial charge on any atom is -0.308 e. The standard InChI is InChI=1S/C24H16ClF6N5O/c25-20-5-4-17(11-19(20)24(29,30)31)34-22(37)33-16-3-1-2-15(10-16)21-18(14-6-8-32-9-7-14)12-36(35-21)13-23(26,27)28/h1-12H,13H2,(H2,33,34,37). The Labute approximate surface area is 210 Å². The first-order valence-electron chi connectivity index (χ1n) is 10.5. The van der Waals surface area contributed by atoms with Gasteiger partial charge in [0, 0.05) is 41.1 Å². The van der Waals surface area contributed by atoms with Crippen molar-refractivity contribution in [3.63, 3.8) is 0 Å². The second kappa shape index (κ2) is 10.1. The fourth-order valence-electron chi connectivity index (χ4n) is 3.50. The molecule has 6 nitrogen and oxygen atoms in total. The van der Waals surface area contributed by atoms with Crippen molar-refractivity contribution < 1.29 is 31.1 Å². The lowest BCUT2D eigenvalue weighted by molar-refractivity contribution is -0.142. The van der Waals surface area contributed by atoms with Crippen molar-refractivity contribution in [2.24, 2.45) is 0 Å². The van der Waals surface area contributed by atoms with Gasteiger partial charge in [-0.15, -0.1) is 0 Å². The van der Waals surface area contributed by atoms with Crippen molar-refractivity contribution >= 4 is 29.0 Å². The zero-order chi connectivity index (χ0) is 26.8. The number of rotatable bonds is 5. The van der Waals surface area contributed by atoms with Gasteiger partial charge in [-0.1, -0.05) is 23.7 Å². The third-order valence-electron chi connectivity index (χ3n) is 5.02. The summed E-state index contributed by atoms with van der Waals surface area (Å²) < 4.78 is 79.0. The van der Waals surface area contributed by atoms with E-state index < -0.39 is 35.5 Å². The van der Waals surface area contributed by atoms with Crippen molar-refractivity contribution in [1.29, 1.82) is 0 Å². The van der Waals surface area contributed by atoms with Crippen LogP contribution in [0.3, 0.4) is 0 Å². The third kappa shape index (κ3) is 6.58. The van der Waals surface area contributed by atoms with Crippen molar-refractivity contribution in [2.75, 3.05) is 10.6 Å². The molecule has 0 bridgehead atoms. The van der Waals surface area contributed by atoms with Crippen molar-refractivity contribution in [3.05, 3.63) is 83.8 Å². The predicted molar refractivity (Wildman–Crippen MR) is 126 cm³/mol. The molecule has 4 rings (SSSR count). The average molecular weight is 540 g/mol. The summed E-state index contributed by atoms with van der Waals surface area (Å²) in [5, 5.41) is 8.37. The lowest BCUT2D eigenvalue weighted by Crippen LogP contribution is -2.20. The van der Waals surface area contributed by atoms with E-state index in [1.54, 1.807) is 24.3 Å². The molecule has 192 valence electrons. The van der Waals surface area contributed by atoms with Crippen LogP contribution in [0.1, 0.15) is 5.56 Å². The van der Waals surface area contributed by atoms with Crippen LogP contribution in [0.4, 0.5) is 42.5 Å². The summed E-state index contributed by atoms with van der Waals surface area (Å²) >= 11 is 5.60. The number of benzene rings is 2. The molecular weight excluding hydrogens is 524 g/mol. The quantitative estimate of drug-likeness (QED) is 0.258. The SMILES string of the molecule is O=C(Nc1cccc(-c2nn(CC(F)(F)F)cc2-c2ccncc2)c1)Nc1ccc(Cl)c(C(F)(F)F)c1. The number of alkyl halides is 6. The first-order valence-corrected chi connectivity index (χ1v) is 10.9. The number of nitrogens with one attached hydrogen (secondary N) is 2. The maximum atomic E-state index is 13.1. The minimum absolute atomic E-state index is 0.142. The highest BCUT2D eigenvalue weighted by Gasteiger charge is 2.33. The number of halogens is 7. The normalized spacial score (nSPS) is 11.9. The Morgan fingerprint density at radius 3 is 2.22 bits per heavy atom. The topological polar surface area (TPSA) is 71.8 Å². The van der Waals surface area contributed by atoms with Gasteiger partial charge in [0.2, 0.25) is 0 Å². The van der Waals surface area contributed by atoms with Gasteiger partial charge in [-0.2, -0.15) is 31.4 Å². The third-order valence-corrected chi connectivity index (χ3v) is 5.35. The van der Waals surface area contributed by atoms with Crippen LogP contribution in [0, 0.1) is 0 Å². The highest BCUT2D eigenvalue weighted by atomic mass is 35.5. The Balaban J connectivity index is 1.59. The molecule has 2 amide bonds. The molecule has 0 spiro atoms. The molecular formula is C24H16ClF6N5O. The zero-order valence-corrected chi connectivity index (χ0v) is 19.3. The fraction of sp³-hybridized carbons (Fsp3) is 0.125. The highest BCUT2D eigenvalue weighted by molar-refractivity contribution is 6.31. The number of anilines is 2. The molecule has 2 aromatic heterocycles. The molecule has 0 fully saturated rings. The number of carbonyl (C=O) groups excluding carboxylic acids is 1. The lowest BCUT2D eigenvalue weighted by Gasteiger charge is -2.13. The average Bonchev–Trinajstić information content (AvgIpc) is 3.22. The second-order valence-electron chi connectivity index (χ2n) is 7.79. The molecule has 0 aliphatic rings. The molecule has 13 heteroatoms. The Hall–Kier alpha value is -4.06. The van der Waals surface area contributed by atoms with Gasteiger partial charge in [-0.25, -0.2) is 4.79 Å². The number of nitrogens with zero attached hydrogens (tertiary/aromatic N) is 3. The smallest absolute Gasteiger partial charge is 0.308 e. The molecule has 0 saturated heterocycles. The molecule has 2 aromatic carbocycles. The maximum absolute atomic E-state index is 13.1. The van der Waals surface area contributed by atoms with Gasteiger partial charge in [0.25, 0.3) is 0 Å². The molecule has 0 unspecified atom stereocenters. The number of aromatic nitrogens is 3. The van der Waals surface area contributed by atoms with Gasteiger partial charge in [-0.3, -0.25) is 9.67 Å². The number of urea groups is 1. The Kier molecular flexibility index (Phi) is 7.12. The zero-order valence-electron chi connectivity index (χ0n) is 18.5. The van der Waals surface area contributed by atoms with Crippen LogP contribution in [-0.2, 0) is 12.7 Å². The predicted octanol–water partition coefficient (Wildman–Crippen LogP) is 7.49. The summed E-state index contributed by atoms with van der Waals surface area (Å²) in [5.74, 6) is 0. The van der Waals surface area contributed by atoms with Gasteiger partial charge >= 0.3 is 18.4 Å². The van der Waals surface area contributed by atoms with Crippen molar-refractivity contribution in [3.8, 4) is 22.4 Å². The lowest BCUT2D eigenvalue weighted by atomic mass is 10.0. The molecule has 37 heavy (non-hydrogen) atoms. The van der Waals surface area contributed by atoms with E-state index in [1.165, 1.54) is 36.8 Å². The van der Waals surface area contributed by atoms with Gasteiger partial charge in [-0.05, 0) is 48.0 Å². The molecule has 2 heterocycles. The molecule has 0 aliphatic carbocycles. The molecule has 0 aliphatic heterocycles. The Bertz CT molecular complexity index is 1420. The van der Waals surface area contributed by atoms with Crippen molar-refractivity contribution in [1.82, 2.24) is 14.8 Å². The van der Waals surface area contributed by atoms with Crippen LogP contribution in [-0.4, -0.2) is 27.0 Å². The van der Waals surface area contributed by atoms with Crippen molar-refractivity contribution in [2.45, 2.75) is 18.9 Å². The van der Waals surface area contributed by atoms with E-state index in [0.29, 0.717) is 22.8 Å². The molecule has 0 atom stereocenters. The number of hydrogen-bond donors (Lipinski definition) is 2. The minimum atomic E-state index is -4.71. The molecule has 0 saturated carbocycles. The van der Waals surface area contributed by atoms with Crippen LogP contribution in [0.25, 0.3) is 22.4 Å². The van der Waals surface area contributed by atoms with Crippen LogP contribution in [0.5, 0.6) is 0 Å². The van der Waals surface area contributed by atoms with E-state index in [-0.39, 0.29) is 17.1 Å². The van der Waals surface area contributed by atoms with Crippen LogP contribution in [0.2, 0.25) is 5.02 Å². The summed E-state index contributed by atoms with van der Waals surface area (Å²) in [6, 6.07) is 11.5. The number of hydrogen-bond acceptors (Lipinski definition) is 3. The van der Waals surface area contributed by atoms with Gasteiger partial charge in [0.1, 0.15) is 12.2 Å². The van der Waals surface area contributed by atoms with E-state index in [2.05, 4.69) is 20.7 Å². The molecule has 0 radical (unpaired) electrons. The second-order valence-corrected chi connectivity index (χ2v) is 8.20. The Morgan fingerprint density at radius 1 is 0.892 bits per heavy atom. The van der Waals surface area contributed by atoms with E-state index in [9.17, 15) is 31.1 Å². The molecule has 4 aromatic rings. The monoisotopic (exact) mass is 539 g/mol. The van der Waals surface area contributed by atoms with Gasteiger partial charge < -0.3 is 10.6 Å². The van der Waals surface area contributed by atoms with E-state index in [1.807, 2.05) is 0 Å². The van der Waals surface area contributed by atoms with E-state index in [0.717, 1.165) is 10.7 Å². The first-order chi connectivity index (χ1) is 17.4. The number of amides is 2. The summed E-state index contributed by atoms with van der Waals surface area (Å²) in [4.78, 5) is 16.3. The Morgan fingerprint density at radius 2 is 1.57 bits per heavy atom. The van der Waals surface area contributed by atoms with E-state index >= 15 is 0 Å². The van der Waals surface area contributed by atoms with E-state index in [4.69, 9.17) is 11.6 Å². The summed E-state index contributed by atoms with van der Waals surface area (Å²) in [5.41, 5.74) is 0.601. The van der Waals surface area contributed by atoms with Crippen LogP contribution in [0.15, 0.2) is 73.2 Å². The first kappa shape index (κ1) is 26.0. The molecule has 2 N–H and O–H groups in total. The summed E-state index contributed by atoms with van der Waals surface area (Å²) in [6.45, 7) is -1.30. The summed E-state index contributed by atoms with van der Waals surface area (Å²) in [7, 11) is 0. The van der Waals surface area contributed by atoms with Gasteiger partial charge in [0.05, 0.1) is 10.6 Å². The van der Waals surface area contributed by atoms with Crippen LogP contribution >= 0.6 is 11.6 Å². The van der Waals surface area contributed by atoms with Gasteiger partial charge in [0.15, 0.2) is 0 Å².